The van der Waals surface area contributed by atoms with Crippen LogP contribution in [-0.4, -0.2) is 11.1 Å². The Kier molecular flexibility index (Phi) is 5.71. The number of nitrogens with zero attached hydrogens (tertiary/aromatic N) is 2. The molecular formula is C20H15ClN2O2S. The molecule has 0 fully saturated rings. The molecule has 0 saturated heterocycles. The van der Waals surface area contributed by atoms with E-state index in [1.54, 1.807) is 37.0 Å². The summed E-state index contributed by atoms with van der Waals surface area (Å²) in [5.74, 6) is 0. The van der Waals surface area contributed by atoms with Crippen LogP contribution in [0.15, 0.2) is 81.5 Å². The lowest BCUT2D eigenvalue weighted by atomic mass is 10.2. The molecule has 3 aromatic rings. The molecule has 0 spiro atoms. The normalized spacial score (nSPS) is 11.0. The first-order valence-electron chi connectivity index (χ1n) is 7.84. The van der Waals surface area contributed by atoms with Gasteiger partial charge in [-0.25, -0.2) is 0 Å². The van der Waals surface area contributed by atoms with Gasteiger partial charge in [-0.15, -0.1) is 0 Å². The van der Waals surface area contributed by atoms with E-state index in [1.807, 2.05) is 48.5 Å². The first-order valence-corrected chi connectivity index (χ1v) is 9.03. The van der Waals surface area contributed by atoms with Crippen molar-refractivity contribution < 1.29 is 4.92 Å². The van der Waals surface area contributed by atoms with Crippen molar-refractivity contribution in [2.75, 3.05) is 0 Å². The molecule has 0 aromatic heterocycles. The first kappa shape index (κ1) is 18.2. The predicted molar refractivity (Wildman–Crippen MR) is 107 cm³/mol. The van der Waals surface area contributed by atoms with E-state index in [9.17, 15) is 10.1 Å². The number of benzene rings is 3. The van der Waals surface area contributed by atoms with Crippen LogP contribution in [-0.2, 0) is 0 Å². The van der Waals surface area contributed by atoms with E-state index >= 15 is 0 Å². The lowest BCUT2D eigenvalue weighted by molar-refractivity contribution is -0.385. The Morgan fingerprint density at radius 2 is 1.62 bits per heavy atom. The van der Waals surface area contributed by atoms with Crippen LogP contribution >= 0.6 is 23.4 Å². The van der Waals surface area contributed by atoms with Gasteiger partial charge in [-0.2, -0.15) is 0 Å². The molecule has 0 heterocycles. The molecule has 0 N–H and O–H groups in total. The van der Waals surface area contributed by atoms with E-state index in [-0.39, 0.29) is 5.69 Å². The van der Waals surface area contributed by atoms with Crippen molar-refractivity contribution in [3.8, 4) is 0 Å². The SMILES string of the molecule is Cc1ccc(N=Cc2ccc(Sc3ccc(Cl)cc3)cc2)cc1[N+](=O)[O-]. The summed E-state index contributed by atoms with van der Waals surface area (Å²) in [7, 11) is 0. The second-order valence-corrected chi connectivity index (χ2v) is 7.19. The van der Waals surface area contributed by atoms with Crippen LogP contribution in [0.5, 0.6) is 0 Å². The fraction of sp³-hybridized carbons (Fsp3) is 0.0500. The predicted octanol–water partition coefficient (Wildman–Crippen LogP) is 6.46. The molecule has 3 rings (SSSR count). The quantitative estimate of drug-likeness (QED) is 0.289. The molecule has 0 amide bonds. The van der Waals surface area contributed by atoms with Crippen molar-refractivity contribution >= 4 is 41.0 Å². The number of aliphatic imine (C=N–C) groups is 1. The second kappa shape index (κ2) is 8.17. The number of halogens is 1. The summed E-state index contributed by atoms with van der Waals surface area (Å²) in [5, 5.41) is 11.7. The van der Waals surface area contributed by atoms with Crippen LogP contribution in [0.25, 0.3) is 0 Å². The summed E-state index contributed by atoms with van der Waals surface area (Å²) in [5.41, 5.74) is 2.18. The van der Waals surface area contributed by atoms with E-state index < -0.39 is 4.92 Å². The summed E-state index contributed by atoms with van der Waals surface area (Å²) in [6.45, 7) is 1.71. The Morgan fingerprint density at radius 1 is 1.00 bits per heavy atom. The topological polar surface area (TPSA) is 55.5 Å². The van der Waals surface area contributed by atoms with Gasteiger partial charge in [-0.3, -0.25) is 15.1 Å². The standard InChI is InChI=1S/C20H15ClN2O2S/c1-14-2-7-17(12-20(14)23(24)25)22-13-15-3-8-18(9-4-15)26-19-10-5-16(21)6-11-19/h2-13H,1H3. The van der Waals surface area contributed by atoms with Gasteiger partial charge in [0.15, 0.2) is 0 Å². The Labute approximate surface area is 160 Å². The van der Waals surface area contributed by atoms with Crippen molar-refractivity contribution in [3.05, 3.63) is 93.0 Å². The maximum absolute atomic E-state index is 11.0. The van der Waals surface area contributed by atoms with E-state index in [1.165, 1.54) is 6.07 Å². The van der Waals surface area contributed by atoms with Gasteiger partial charge < -0.3 is 0 Å². The van der Waals surface area contributed by atoms with Crippen molar-refractivity contribution in [1.82, 2.24) is 0 Å². The number of hydrogen-bond acceptors (Lipinski definition) is 4. The van der Waals surface area contributed by atoms with E-state index in [0.29, 0.717) is 11.3 Å². The van der Waals surface area contributed by atoms with Gasteiger partial charge in [0.05, 0.1) is 10.6 Å². The lowest BCUT2D eigenvalue weighted by Gasteiger charge is -2.02. The zero-order valence-electron chi connectivity index (χ0n) is 13.9. The fourth-order valence-electron chi connectivity index (χ4n) is 2.28. The Morgan fingerprint density at radius 3 is 2.23 bits per heavy atom. The monoisotopic (exact) mass is 382 g/mol. The van der Waals surface area contributed by atoms with E-state index in [4.69, 9.17) is 11.6 Å². The van der Waals surface area contributed by atoms with E-state index in [0.717, 1.165) is 20.4 Å². The van der Waals surface area contributed by atoms with Crippen LogP contribution < -0.4 is 0 Å². The average molecular weight is 383 g/mol. The van der Waals surface area contributed by atoms with Crippen LogP contribution in [0.3, 0.4) is 0 Å². The van der Waals surface area contributed by atoms with Gasteiger partial charge in [0.2, 0.25) is 0 Å². The highest BCUT2D eigenvalue weighted by Crippen LogP contribution is 2.29. The van der Waals surface area contributed by atoms with Gasteiger partial charge in [-0.05, 0) is 55.0 Å². The van der Waals surface area contributed by atoms with Crippen molar-refractivity contribution in [3.63, 3.8) is 0 Å². The van der Waals surface area contributed by atoms with Gasteiger partial charge in [-0.1, -0.05) is 41.6 Å². The highest BCUT2D eigenvalue weighted by atomic mass is 35.5. The summed E-state index contributed by atoms with van der Waals surface area (Å²) < 4.78 is 0. The Hall–Kier alpha value is -2.63. The van der Waals surface area contributed by atoms with Gasteiger partial charge in [0.25, 0.3) is 5.69 Å². The zero-order chi connectivity index (χ0) is 18.5. The largest absolute Gasteiger partial charge is 0.274 e. The maximum atomic E-state index is 11.0. The smallest absolute Gasteiger partial charge is 0.258 e. The Balaban J connectivity index is 1.71. The van der Waals surface area contributed by atoms with Gasteiger partial charge >= 0.3 is 0 Å². The molecular weight excluding hydrogens is 368 g/mol. The first-order chi connectivity index (χ1) is 12.5. The summed E-state index contributed by atoms with van der Waals surface area (Å²) in [6.07, 6.45) is 1.70. The molecule has 4 nitrogen and oxygen atoms in total. The summed E-state index contributed by atoms with van der Waals surface area (Å²) in [4.78, 5) is 17.2. The number of nitro benzene ring substituents is 1. The molecule has 0 bridgehead atoms. The Bertz CT molecular complexity index is 955. The molecule has 0 unspecified atom stereocenters. The lowest BCUT2D eigenvalue weighted by Crippen LogP contribution is -1.90. The van der Waals surface area contributed by atoms with Gasteiger partial charge in [0.1, 0.15) is 0 Å². The molecule has 6 heteroatoms. The molecule has 0 aliphatic heterocycles. The molecule has 26 heavy (non-hydrogen) atoms. The minimum atomic E-state index is -0.392. The molecule has 0 aliphatic carbocycles. The zero-order valence-corrected chi connectivity index (χ0v) is 15.5. The second-order valence-electron chi connectivity index (χ2n) is 5.61. The highest BCUT2D eigenvalue weighted by Gasteiger charge is 2.10. The molecule has 0 aliphatic rings. The molecule has 0 atom stereocenters. The van der Waals surface area contributed by atoms with Crippen molar-refractivity contribution in [1.29, 1.82) is 0 Å². The fourth-order valence-corrected chi connectivity index (χ4v) is 3.23. The number of nitro groups is 1. The van der Waals surface area contributed by atoms with Crippen LogP contribution in [0.1, 0.15) is 11.1 Å². The average Bonchev–Trinajstić information content (AvgIpc) is 2.64. The third-order valence-electron chi connectivity index (χ3n) is 3.68. The minimum Gasteiger partial charge on any atom is -0.258 e. The van der Waals surface area contributed by atoms with E-state index in [2.05, 4.69) is 4.99 Å². The molecule has 3 aromatic carbocycles. The third kappa shape index (κ3) is 4.71. The maximum Gasteiger partial charge on any atom is 0.274 e. The summed E-state index contributed by atoms with van der Waals surface area (Å²) >= 11 is 7.54. The minimum absolute atomic E-state index is 0.0781. The van der Waals surface area contributed by atoms with Crippen molar-refractivity contribution in [2.45, 2.75) is 16.7 Å². The summed E-state index contributed by atoms with van der Waals surface area (Å²) in [6, 6.07) is 20.6. The number of rotatable bonds is 5. The van der Waals surface area contributed by atoms with Gasteiger partial charge in [0, 0.05) is 32.7 Å². The number of hydrogen-bond donors (Lipinski definition) is 0. The molecule has 0 saturated carbocycles. The molecule has 130 valence electrons. The van der Waals surface area contributed by atoms with Crippen molar-refractivity contribution in [2.24, 2.45) is 4.99 Å². The highest BCUT2D eigenvalue weighted by molar-refractivity contribution is 7.99. The molecule has 0 radical (unpaired) electrons. The third-order valence-corrected chi connectivity index (χ3v) is 4.95. The van der Waals surface area contributed by atoms with Crippen LogP contribution in [0.2, 0.25) is 5.02 Å². The van der Waals surface area contributed by atoms with Crippen LogP contribution in [0, 0.1) is 17.0 Å². The van der Waals surface area contributed by atoms with Crippen LogP contribution in [0.4, 0.5) is 11.4 Å². The number of aryl methyl sites for hydroxylation is 1.